The maximum atomic E-state index is 7.23. The number of hydrogen-bond acceptors (Lipinski definition) is 2. The van der Waals surface area contributed by atoms with Crippen LogP contribution in [0.4, 0.5) is 0 Å². The van der Waals surface area contributed by atoms with E-state index in [1.165, 1.54) is 58.8 Å². The Morgan fingerprint density at radius 3 is 1.93 bits per heavy atom. The highest BCUT2D eigenvalue weighted by Gasteiger charge is 2.45. The molecule has 0 aromatic heterocycles. The van der Waals surface area contributed by atoms with Crippen molar-refractivity contribution in [2.45, 2.75) is 64.9 Å². The van der Waals surface area contributed by atoms with Crippen molar-refractivity contribution in [1.82, 2.24) is 0 Å². The van der Waals surface area contributed by atoms with Crippen LogP contribution in [0.5, 0.6) is 5.75 Å². The van der Waals surface area contributed by atoms with E-state index in [0.29, 0.717) is 6.61 Å². The predicted molar refractivity (Wildman–Crippen MR) is 172 cm³/mol. The minimum absolute atomic E-state index is 0.0905. The molecule has 4 aliphatic carbocycles. The molecule has 0 radical (unpaired) electrons. The number of hydrogen-bond donors (Lipinski definition) is 0. The Morgan fingerprint density at radius 1 is 0.732 bits per heavy atom. The highest BCUT2D eigenvalue weighted by molar-refractivity contribution is 6.80. The molecule has 2 nitrogen and oxygen atoms in total. The molecule has 4 bridgehead atoms. The summed E-state index contributed by atoms with van der Waals surface area (Å²) in [6, 6.07) is 32.9. The Bertz CT molecular complexity index is 1480. The van der Waals surface area contributed by atoms with Gasteiger partial charge in [-0.15, -0.1) is 0 Å². The van der Waals surface area contributed by atoms with Crippen LogP contribution in [0, 0.1) is 23.7 Å². The summed E-state index contributed by atoms with van der Waals surface area (Å²) in [4.78, 5) is 0. The zero-order valence-corrected chi connectivity index (χ0v) is 25.8. The van der Waals surface area contributed by atoms with Gasteiger partial charge in [0.25, 0.3) is 9.04 Å². The van der Waals surface area contributed by atoms with E-state index in [9.17, 15) is 0 Å². The third-order valence-electron chi connectivity index (χ3n) is 9.90. The minimum Gasteiger partial charge on any atom is -0.537 e. The third kappa shape index (κ3) is 5.37. The second-order valence-electron chi connectivity index (χ2n) is 13.8. The first-order chi connectivity index (χ1) is 19.9. The lowest BCUT2D eigenvalue weighted by Gasteiger charge is -2.51. The van der Waals surface area contributed by atoms with Crippen LogP contribution in [0.2, 0.25) is 0 Å². The van der Waals surface area contributed by atoms with Gasteiger partial charge >= 0.3 is 0 Å². The molecule has 0 heterocycles. The zero-order chi connectivity index (χ0) is 28.0. The van der Waals surface area contributed by atoms with E-state index in [1.807, 2.05) is 0 Å². The summed E-state index contributed by atoms with van der Waals surface area (Å²) in [5.41, 5.74) is 4.15. The Kier molecular flexibility index (Phi) is 7.03. The molecular formula is C38H42O2Si. The van der Waals surface area contributed by atoms with E-state index >= 15 is 0 Å². The topological polar surface area (TPSA) is 18.5 Å². The number of benzene rings is 4. The number of rotatable bonds is 7. The van der Waals surface area contributed by atoms with Gasteiger partial charge in [-0.05, 0) is 88.1 Å². The lowest BCUT2D eigenvalue weighted by molar-refractivity contribution is 0.0631. The highest BCUT2D eigenvalue weighted by Crippen LogP contribution is 2.56. The summed E-state index contributed by atoms with van der Waals surface area (Å²) in [7, 11) is -2.01. The van der Waals surface area contributed by atoms with Crippen molar-refractivity contribution in [3.8, 4) is 5.75 Å². The van der Waals surface area contributed by atoms with Crippen molar-refractivity contribution in [3.63, 3.8) is 0 Å². The Labute approximate surface area is 247 Å². The van der Waals surface area contributed by atoms with Gasteiger partial charge in [0.2, 0.25) is 0 Å². The van der Waals surface area contributed by atoms with Crippen LogP contribution in [-0.4, -0.2) is 9.04 Å². The van der Waals surface area contributed by atoms with E-state index in [-0.39, 0.29) is 5.41 Å². The van der Waals surface area contributed by atoms with Crippen LogP contribution in [0.15, 0.2) is 103 Å². The zero-order valence-electron chi connectivity index (χ0n) is 24.7. The molecule has 0 amide bonds. The molecular weight excluding hydrogens is 517 g/mol. The molecule has 3 heteroatoms. The van der Waals surface area contributed by atoms with Gasteiger partial charge in [0.05, 0.1) is 6.26 Å². The molecule has 4 aromatic rings. The van der Waals surface area contributed by atoms with Crippen molar-refractivity contribution >= 4 is 30.2 Å². The van der Waals surface area contributed by atoms with Gasteiger partial charge in [0.1, 0.15) is 12.4 Å². The Hall–Kier alpha value is -3.30. The Morgan fingerprint density at radius 2 is 1.34 bits per heavy atom. The molecule has 0 atom stereocenters. The largest absolute Gasteiger partial charge is 0.537 e. The van der Waals surface area contributed by atoms with Gasteiger partial charge < -0.3 is 9.16 Å². The van der Waals surface area contributed by atoms with Crippen molar-refractivity contribution in [3.05, 3.63) is 114 Å². The van der Waals surface area contributed by atoms with E-state index in [0.717, 1.165) is 35.0 Å². The molecule has 0 spiro atoms. The van der Waals surface area contributed by atoms with Gasteiger partial charge in [-0.2, -0.15) is 0 Å². The molecule has 0 unspecified atom stereocenters. The lowest BCUT2D eigenvalue weighted by atomic mass is 9.54. The van der Waals surface area contributed by atoms with Crippen molar-refractivity contribution in [2.24, 2.45) is 23.7 Å². The van der Waals surface area contributed by atoms with Crippen LogP contribution < -0.4 is 14.8 Å². The summed E-state index contributed by atoms with van der Waals surface area (Å²) < 4.78 is 13.7. The smallest absolute Gasteiger partial charge is 0.299 e. The average molecular weight is 559 g/mol. The van der Waals surface area contributed by atoms with E-state index in [1.54, 1.807) is 5.57 Å². The molecule has 8 rings (SSSR count). The third-order valence-corrected chi connectivity index (χ3v) is 12.3. The molecule has 210 valence electrons. The van der Waals surface area contributed by atoms with Crippen molar-refractivity contribution in [2.75, 3.05) is 0 Å². The van der Waals surface area contributed by atoms with Crippen LogP contribution in [0.25, 0.3) is 10.8 Å². The van der Waals surface area contributed by atoms with E-state index < -0.39 is 9.04 Å². The fraction of sp³-hybridized carbons (Fsp3) is 0.368. The standard InChI is InChI=1S/C38H42O2Si/c1-38(2,3)32-16-17-35-28(23-32)14-15-29(24-39-25-36-30-19-26-18-27(21-30)22-31(36)20-26)37(35)40-41(33-10-6-4-7-11-33)34-12-8-5-9-13-34/h4-17,23,25-27,30-31,41H,18-22,24H2,1-3H3. The highest BCUT2D eigenvalue weighted by atomic mass is 28.3. The molecule has 0 N–H and O–H groups in total. The summed E-state index contributed by atoms with van der Waals surface area (Å²) in [5, 5.41) is 4.96. The maximum absolute atomic E-state index is 7.23. The lowest BCUT2D eigenvalue weighted by Crippen LogP contribution is -2.47. The summed E-state index contributed by atoms with van der Waals surface area (Å²) in [6.45, 7) is 7.37. The Balaban J connectivity index is 1.25. The summed E-state index contributed by atoms with van der Waals surface area (Å²) in [6.07, 6.45) is 9.15. The van der Waals surface area contributed by atoms with E-state index in [4.69, 9.17) is 9.16 Å². The number of ether oxygens (including phenoxy) is 1. The van der Waals surface area contributed by atoms with Gasteiger partial charge in [0, 0.05) is 10.9 Å². The van der Waals surface area contributed by atoms with Gasteiger partial charge in [-0.3, -0.25) is 0 Å². The minimum atomic E-state index is -2.01. The maximum Gasteiger partial charge on any atom is 0.299 e. The summed E-state index contributed by atoms with van der Waals surface area (Å²) in [5.74, 6) is 4.41. The summed E-state index contributed by atoms with van der Waals surface area (Å²) >= 11 is 0. The first-order valence-corrected chi connectivity index (χ1v) is 17.2. The monoisotopic (exact) mass is 558 g/mol. The molecule has 4 fully saturated rings. The molecule has 41 heavy (non-hydrogen) atoms. The number of fused-ring (bicyclic) bond motifs is 1. The molecule has 0 saturated heterocycles. The first kappa shape index (κ1) is 26.6. The van der Waals surface area contributed by atoms with Crippen molar-refractivity contribution < 1.29 is 9.16 Å². The molecule has 0 aliphatic heterocycles. The van der Waals surface area contributed by atoms with Crippen LogP contribution in [-0.2, 0) is 16.8 Å². The first-order valence-electron chi connectivity index (χ1n) is 15.6. The second kappa shape index (κ2) is 10.8. The molecule has 4 aliphatic rings. The van der Waals surface area contributed by atoms with Gasteiger partial charge in [-0.1, -0.05) is 112 Å². The van der Waals surface area contributed by atoms with Crippen LogP contribution in [0.3, 0.4) is 0 Å². The van der Waals surface area contributed by atoms with Gasteiger partial charge in [0.15, 0.2) is 0 Å². The second-order valence-corrected chi connectivity index (χ2v) is 16.1. The number of allylic oxidation sites excluding steroid dienone is 1. The fourth-order valence-corrected chi connectivity index (χ4v) is 10.2. The normalized spacial score (nSPS) is 23.3. The predicted octanol–water partition coefficient (Wildman–Crippen LogP) is 7.91. The molecule has 4 aromatic carbocycles. The average Bonchev–Trinajstić information content (AvgIpc) is 2.97. The van der Waals surface area contributed by atoms with Gasteiger partial charge in [-0.25, -0.2) is 0 Å². The van der Waals surface area contributed by atoms with Crippen molar-refractivity contribution in [1.29, 1.82) is 0 Å². The van der Waals surface area contributed by atoms with E-state index in [2.05, 4.69) is 118 Å². The quantitative estimate of drug-likeness (QED) is 0.169. The van der Waals surface area contributed by atoms with Crippen LogP contribution >= 0.6 is 0 Å². The fourth-order valence-electron chi connectivity index (χ4n) is 7.92. The molecule has 4 saturated carbocycles. The van der Waals surface area contributed by atoms with Crippen LogP contribution in [0.1, 0.15) is 64.0 Å². The SMILES string of the molecule is CC(C)(C)c1ccc2c(O[SiH](c3ccccc3)c3ccccc3)c(COC=C3C4CC5CC(C4)CC3C5)ccc2c1.